The molecule has 0 aromatic heterocycles. The summed E-state index contributed by atoms with van der Waals surface area (Å²) in [6, 6.07) is 6.51. The lowest BCUT2D eigenvalue weighted by atomic mass is 9.74. The van der Waals surface area contributed by atoms with Crippen molar-refractivity contribution in [2.75, 3.05) is 13.2 Å². The summed E-state index contributed by atoms with van der Waals surface area (Å²) in [6.07, 6.45) is 3.28. The van der Waals surface area contributed by atoms with Crippen molar-refractivity contribution in [1.82, 2.24) is 5.32 Å². The molecule has 1 aromatic rings. The molecular weight excluding hydrogens is 335 g/mol. The molecule has 142 valence electrons. The average Bonchev–Trinajstić information content (AvgIpc) is 3.10. The number of amides is 1. The van der Waals surface area contributed by atoms with Gasteiger partial charge in [-0.15, -0.1) is 0 Å². The highest BCUT2D eigenvalue weighted by Gasteiger charge is 2.44. The predicted octanol–water partition coefficient (Wildman–Crippen LogP) is 3.42. The second-order valence-electron chi connectivity index (χ2n) is 7.36. The lowest BCUT2D eigenvalue weighted by Gasteiger charge is -2.37. The fraction of sp³-hybridized carbons (Fsp3) is 0.600. The first-order chi connectivity index (χ1) is 12.5. The van der Waals surface area contributed by atoms with Crippen LogP contribution in [0.1, 0.15) is 51.5 Å². The molecule has 0 spiro atoms. The molecule has 1 aromatic carbocycles. The van der Waals surface area contributed by atoms with Crippen molar-refractivity contribution in [3.8, 4) is 0 Å². The molecule has 26 heavy (non-hydrogen) atoms. The molecule has 2 atom stereocenters. The van der Waals surface area contributed by atoms with E-state index in [1.165, 1.54) is 12.1 Å². The van der Waals surface area contributed by atoms with Crippen molar-refractivity contribution in [3.05, 3.63) is 35.6 Å². The van der Waals surface area contributed by atoms with Crippen LogP contribution in [0.3, 0.4) is 0 Å². The average molecular weight is 362 g/mol. The summed E-state index contributed by atoms with van der Waals surface area (Å²) in [7, 11) is 0. The number of nitrogens with zero attached hydrogens (tertiary/aromatic N) is 1. The van der Waals surface area contributed by atoms with Crippen molar-refractivity contribution in [3.63, 3.8) is 0 Å². The molecule has 0 unspecified atom stereocenters. The number of rotatable bonds is 6. The first kappa shape index (κ1) is 18.8. The third-order valence-corrected chi connectivity index (χ3v) is 5.43. The molecule has 3 rings (SSSR count). The summed E-state index contributed by atoms with van der Waals surface area (Å²) in [6.45, 7) is 5.24. The van der Waals surface area contributed by atoms with Crippen LogP contribution in [0.5, 0.6) is 0 Å². The van der Waals surface area contributed by atoms with Gasteiger partial charge in [0.2, 0.25) is 5.91 Å². The quantitative estimate of drug-likeness (QED) is 0.843. The Balaban J connectivity index is 1.68. The molecule has 2 aliphatic rings. The van der Waals surface area contributed by atoms with Crippen LogP contribution in [0.4, 0.5) is 4.39 Å². The van der Waals surface area contributed by atoms with Gasteiger partial charge in [-0.2, -0.15) is 0 Å². The molecule has 1 fully saturated rings. The highest BCUT2D eigenvalue weighted by atomic mass is 19.1. The minimum atomic E-state index is -0.487. The van der Waals surface area contributed by atoms with Gasteiger partial charge in [-0.3, -0.25) is 4.79 Å². The zero-order valence-corrected chi connectivity index (χ0v) is 15.5. The standard InChI is InChI=1S/C20H27FN2O3/c1-3-14(2)22-19(24)20(7-9-25-10-8-20)13-17-12-18(23-26-17)15-5-4-6-16(21)11-15/h4-6,11,14,17H,3,7-10,12-13H2,1-2H3,(H,22,24)/t14-,17+/m1/s1. The maximum atomic E-state index is 13.4. The number of halogens is 1. The minimum Gasteiger partial charge on any atom is -0.392 e. The lowest BCUT2D eigenvalue weighted by molar-refractivity contribution is -0.140. The summed E-state index contributed by atoms with van der Waals surface area (Å²) < 4.78 is 18.9. The maximum absolute atomic E-state index is 13.4. The molecule has 1 amide bonds. The molecular formula is C20H27FN2O3. The maximum Gasteiger partial charge on any atom is 0.226 e. The third-order valence-electron chi connectivity index (χ3n) is 5.43. The van der Waals surface area contributed by atoms with Gasteiger partial charge in [0.15, 0.2) is 0 Å². The first-order valence-electron chi connectivity index (χ1n) is 9.40. The Labute approximate surface area is 153 Å². The van der Waals surface area contributed by atoms with E-state index in [0.717, 1.165) is 17.7 Å². The summed E-state index contributed by atoms with van der Waals surface area (Å²) >= 11 is 0. The molecule has 2 aliphatic heterocycles. The number of ether oxygens (including phenoxy) is 1. The van der Waals surface area contributed by atoms with Crippen LogP contribution in [0, 0.1) is 11.2 Å². The van der Waals surface area contributed by atoms with E-state index in [2.05, 4.69) is 17.4 Å². The van der Waals surface area contributed by atoms with Crippen LogP contribution in [0.25, 0.3) is 0 Å². The monoisotopic (exact) mass is 362 g/mol. The van der Waals surface area contributed by atoms with Gasteiger partial charge < -0.3 is 14.9 Å². The van der Waals surface area contributed by atoms with Crippen LogP contribution < -0.4 is 5.32 Å². The SMILES string of the molecule is CC[C@@H](C)NC(=O)C1(C[C@@H]2CC(c3cccc(F)c3)=NO2)CCOCC1. The highest BCUT2D eigenvalue weighted by Crippen LogP contribution is 2.38. The Morgan fingerprint density at radius 2 is 2.19 bits per heavy atom. The van der Waals surface area contributed by atoms with Crippen LogP contribution in [-0.4, -0.2) is 37.0 Å². The van der Waals surface area contributed by atoms with Gasteiger partial charge in [-0.25, -0.2) is 4.39 Å². The van der Waals surface area contributed by atoms with Crippen molar-refractivity contribution in [1.29, 1.82) is 0 Å². The van der Waals surface area contributed by atoms with Crippen molar-refractivity contribution in [2.24, 2.45) is 10.6 Å². The zero-order valence-electron chi connectivity index (χ0n) is 15.5. The van der Waals surface area contributed by atoms with E-state index in [0.29, 0.717) is 38.9 Å². The van der Waals surface area contributed by atoms with E-state index < -0.39 is 5.41 Å². The third kappa shape index (κ3) is 4.23. The number of benzene rings is 1. The Morgan fingerprint density at radius 3 is 2.88 bits per heavy atom. The molecule has 6 heteroatoms. The number of carbonyl (C=O) groups is 1. The van der Waals surface area contributed by atoms with E-state index in [9.17, 15) is 9.18 Å². The molecule has 1 N–H and O–H groups in total. The Bertz CT molecular complexity index is 671. The summed E-state index contributed by atoms with van der Waals surface area (Å²) in [4.78, 5) is 18.6. The van der Waals surface area contributed by atoms with Gasteiger partial charge in [0.05, 0.1) is 11.1 Å². The largest absolute Gasteiger partial charge is 0.392 e. The molecule has 0 saturated carbocycles. The summed E-state index contributed by atoms with van der Waals surface area (Å²) in [5.41, 5.74) is 0.982. The normalized spacial score (nSPS) is 23.0. The molecule has 5 nitrogen and oxygen atoms in total. The Morgan fingerprint density at radius 1 is 1.42 bits per heavy atom. The number of hydrogen-bond acceptors (Lipinski definition) is 4. The van der Waals surface area contributed by atoms with E-state index in [-0.39, 0.29) is 23.9 Å². The topological polar surface area (TPSA) is 59.9 Å². The van der Waals surface area contributed by atoms with Gasteiger partial charge >= 0.3 is 0 Å². The van der Waals surface area contributed by atoms with Gasteiger partial charge in [-0.05, 0) is 38.3 Å². The van der Waals surface area contributed by atoms with Crippen LogP contribution >= 0.6 is 0 Å². The Kier molecular flexibility index (Phi) is 5.91. The van der Waals surface area contributed by atoms with Crippen LogP contribution in [-0.2, 0) is 14.4 Å². The predicted molar refractivity (Wildman–Crippen MR) is 97.4 cm³/mol. The second kappa shape index (κ2) is 8.16. The first-order valence-corrected chi connectivity index (χ1v) is 9.40. The van der Waals surface area contributed by atoms with Crippen molar-refractivity contribution in [2.45, 2.75) is 58.1 Å². The van der Waals surface area contributed by atoms with E-state index in [1.54, 1.807) is 6.07 Å². The van der Waals surface area contributed by atoms with Crippen molar-refractivity contribution < 1.29 is 18.8 Å². The number of carbonyl (C=O) groups excluding carboxylic acids is 1. The molecule has 0 aliphatic carbocycles. The number of nitrogens with one attached hydrogen (secondary N) is 1. The Hall–Kier alpha value is -1.95. The van der Waals surface area contributed by atoms with Gasteiger partial charge in [0, 0.05) is 37.7 Å². The zero-order chi connectivity index (χ0) is 18.6. The highest BCUT2D eigenvalue weighted by molar-refractivity contribution is 6.01. The van der Waals surface area contributed by atoms with E-state index in [1.807, 2.05) is 13.0 Å². The molecule has 0 radical (unpaired) electrons. The minimum absolute atomic E-state index is 0.0814. The van der Waals surface area contributed by atoms with Crippen molar-refractivity contribution >= 4 is 11.6 Å². The van der Waals surface area contributed by atoms with Gasteiger partial charge in [-0.1, -0.05) is 24.2 Å². The number of oxime groups is 1. The van der Waals surface area contributed by atoms with Crippen LogP contribution in [0.15, 0.2) is 29.4 Å². The molecule has 2 heterocycles. The van der Waals surface area contributed by atoms with Gasteiger partial charge in [0.25, 0.3) is 0 Å². The fourth-order valence-electron chi connectivity index (χ4n) is 3.58. The molecule has 0 bridgehead atoms. The van der Waals surface area contributed by atoms with E-state index in [4.69, 9.17) is 9.57 Å². The van der Waals surface area contributed by atoms with E-state index >= 15 is 0 Å². The second-order valence-corrected chi connectivity index (χ2v) is 7.36. The lowest BCUT2D eigenvalue weighted by Crippen LogP contribution is -2.48. The van der Waals surface area contributed by atoms with Crippen LogP contribution in [0.2, 0.25) is 0 Å². The van der Waals surface area contributed by atoms with Gasteiger partial charge in [0.1, 0.15) is 11.9 Å². The summed E-state index contributed by atoms with van der Waals surface area (Å²) in [5.74, 6) is -0.208. The smallest absolute Gasteiger partial charge is 0.226 e. The molecule has 1 saturated heterocycles. The number of hydrogen-bond donors (Lipinski definition) is 1. The summed E-state index contributed by atoms with van der Waals surface area (Å²) in [5, 5.41) is 7.28. The fourth-order valence-corrected chi connectivity index (χ4v) is 3.58.